The second-order valence-electron chi connectivity index (χ2n) is 4.21. The van der Waals surface area contributed by atoms with E-state index in [1.807, 2.05) is 48.5 Å². The molecule has 0 saturated heterocycles. The van der Waals surface area contributed by atoms with Gasteiger partial charge in [-0.15, -0.1) is 0 Å². The summed E-state index contributed by atoms with van der Waals surface area (Å²) in [6, 6.07) is 14.9. The third-order valence-corrected chi connectivity index (χ3v) is 3.35. The summed E-state index contributed by atoms with van der Waals surface area (Å²) in [5.41, 5.74) is 1.40. The Kier molecular flexibility index (Phi) is 4.96. The van der Waals surface area contributed by atoms with Crippen LogP contribution in [-0.2, 0) is 0 Å². The number of carbonyl (C=O) groups is 1. The molecule has 0 saturated carbocycles. The normalized spacial score (nSPS) is 10.2. The average molecular weight is 366 g/mol. The van der Waals surface area contributed by atoms with E-state index in [0.717, 1.165) is 15.7 Å². The van der Waals surface area contributed by atoms with Gasteiger partial charge in [-0.2, -0.15) is 0 Å². The SMILES string of the molecule is CCCOc1ccc(C(=O)c2cccc(I)c2)cc1. The standard InChI is InChI=1S/C16H15IO2/c1-2-10-19-15-8-6-12(7-9-15)16(18)13-4-3-5-14(17)11-13/h3-9,11H,2,10H2,1H3. The Morgan fingerprint density at radius 1 is 1.11 bits per heavy atom. The zero-order chi connectivity index (χ0) is 13.7. The van der Waals surface area contributed by atoms with Gasteiger partial charge in [0.1, 0.15) is 5.75 Å². The van der Waals surface area contributed by atoms with Crippen molar-refractivity contribution in [3.63, 3.8) is 0 Å². The van der Waals surface area contributed by atoms with Gasteiger partial charge >= 0.3 is 0 Å². The molecule has 0 heterocycles. The van der Waals surface area contributed by atoms with Crippen LogP contribution in [0.15, 0.2) is 48.5 Å². The third kappa shape index (κ3) is 3.80. The molecular weight excluding hydrogens is 351 g/mol. The van der Waals surface area contributed by atoms with Gasteiger partial charge in [-0.25, -0.2) is 0 Å². The quantitative estimate of drug-likeness (QED) is 0.582. The van der Waals surface area contributed by atoms with E-state index in [-0.39, 0.29) is 5.78 Å². The van der Waals surface area contributed by atoms with Crippen LogP contribution < -0.4 is 4.74 Å². The summed E-state index contributed by atoms with van der Waals surface area (Å²) in [5, 5.41) is 0. The van der Waals surface area contributed by atoms with Crippen molar-refractivity contribution < 1.29 is 9.53 Å². The molecule has 2 aromatic rings. The lowest BCUT2D eigenvalue weighted by molar-refractivity contribution is 0.103. The second-order valence-corrected chi connectivity index (χ2v) is 5.46. The molecule has 2 aromatic carbocycles. The Labute approximate surface area is 126 Å². The van der Waals surface area contributed by atoms with Gasteiger partial charge in [0.05, 0.1) is 6.61 Å². The highest BCUT2D eigenvalue weighted by Gasteiger charge is 2.09. The molecule has 0 radical (unpaired) electrons. The van der Waals surface area contributed by atoms with Crippen molar-refractivity contribution in [1.29, 1.82) is 0 Å². The second kappa shape index (κ2) is 6.70. The highest BCUT2D eigenvalue weighted by Crippen LogP contribution is 2.17. The summed E-state index contributed by atoms with van der Waals surface area (Å²) < 4.78 is 6.56. The number of benzene rings is 2. The number of hydrogen-bond donors (Lipinski definition) is 0. The van der Waals surface area contributed by atoms with E-state index < -0.39 is 0 Å². The molecule has 19 heavy (non-hydrogen) atoms. The van der Waals surface area contributed by atoms with Gasteiger partial charge in [-0.1, -0.05) is 19.1 Å². The maximum Gasteiger partial charge on any atom is 0.193 e. The molecule has 0 bridgehead atoms. The van der Waals surface area contributed by atoms with Gasteiger partial charge in [-0.3, -0.25) is 4.79 Å². The Hall–Kier alpha value is -1.36. The van der Waals surface area contributed by atoms with Gasteiger partial charge < -0.3 is 4.74 Å². The fourth-order valence-corrected chi connectivity index (χ4v) is 2.26. The van der Waals surface area contributed by atoms with Gasteiger partial charge in [0.15, 0.2) is 5.78 Å². The van der Waals surface area contributed by atoms with Crippen LogP contribution >= 0.6 is 22.6 Å². The van der Waals surface area contributed by atoms with Gasteiger partial charge in [0.25, 0.3) is 0 Å². The van der Waals surface area contributed by atoms with Crippen molar-refractivity contribution in [2.45, 2.75) is 13.3 Å². The van der Waals surface area contributed by atoms with E-state index in [4.69, 9.17) is 4.74 Å². The molecule has 2 rings (SSSR count). The predicted octanol–water partition coefficient (Wildman–Crippen LogP) is 4.31. The first-order valence-corrected chi connectivity index (χ1v) is 7.31. The molecule has 0 amide bonds. The van der Waals surface area contributed by atoms with Crippen molar-refractivity contribution in [2.75, 3.05) is 6.61 Å². The first-order chi connectivity index (χ1) is 9.20. The minimum absolute atomic E-state index is 0.0422. The van der Waals surface area contributed by atoms with Crippen LogP contribution in [0.25, 0.3) is 0 Å². The molecule has 2 nitrogen and oxygen atoms in total. The largest absolute Gasteiger partial charge is 0.494 e. The lowest BCUT2D eigenvalue weighted by Crippen LogP contribution is -2.02. The molecule has 0 aliphatic carbocycles. The van der Waals surface area contributed by atoms with Gasteiger partial charge in [-0.05, 0) is 65.4 Å². The topological polar surface area (TPSA) is 26.3 Å². The Morgan fingerprint density at radius 3 is 2.47 bits per heavy atom. The van der Waals surface area contributed by atoms with Crippen LogP contribution in [0.1, 0.15) is 29.3 Å². The lowest BCUT2D eigenvalue weighted by atomic mass is 10.0. The molecule has 0 aromatic heterocycles. The van der Waals surface area contributed by atoms with E-state index in [9.17, 15) is 4.79 Å². The molecule has 0 aliphatic heterocycles. The summed E-state index contributed by atoms with van der Waals surface area (Å²) >= 11 is 2.21. The monoisotopic (exact) mass is 366 g/mol. The Bertz CT molecular complexity index is 561. The van der Waals surface area contributed by atoms with Crippen molar-refractivity contribution in [3.8, 4) is 5.75 Å². The molecule has 0 spiro atoms. The minimum Gasteiger partial charge on any atom is -0.494 e. The predicted molar refractivity (Wildman–Crippen MR) is 84.8 cm³/mol. The number of ketones is 1. The summed E-state index contributed by atoms with van der Waals surface area (Å²) in [5.74, 6) is 0.849. The fourth-order valence-electron chi connectivity index (χ4n) is 1.72. The molecule has 98 valence electrons. The summed E-state index contributed by atoms with van der Waals surface area (Å²) in [7, 11) is 0. The average Bonchev–Trinajstić information content (AvgIpc) is 2.45. The van der Waals surface area contributed by atoms with Crippen LogP contribution in [0.2, 0.25) is 0 Å². The maximum atomic E-state index is 12.3. The molecule has 0 fully saturated rings. The van der Waals surface area contributed by atoms with E-state index >= 15 is 0 Å². The van der Waals surface area contributed by atoms with E-state index in [1.54, 1.807) is 0 Å². The lowest BCUT2D eigenvalue weighted by Gasteiger charge is -2.06. The van der Waals surface area contributed by atoms with Crippen molar-refractivity contribution in [3.05, 3.63) is 63.2 Å². The molecule has 0 unspecified atom stereocenters. The first-order valence-electron chi connectivity index (χ1n) is 6.24. The molecule has 0 aliphatic rings. The fraction of sp³-hybridized carbons (Fsp3) is 0.188. The summed E-state index contributed by atoms with van der Waals surface area (Å²) in [6.07, 6.45) is 0.975. The van der Waals surface area contributed by atoms with E-state index in [2.05, 4.69) is 29.5 Å². The van der Waals surface area contributed by atoms with Crippen LogP contribution in [0.5, 0.6) is 5.75 Å². The van der Waals surface area contributed by atoms with Gasteiger partial charge in [0, 0.05) is 14.7 Å². The highest BCUT2D eigenvalue weighted by atomic mass is 127. The van der Waals surface area contributed by atoms with Crippen LogP contribution in [0, 0.1) is 3.57 Å². The number of carbonyl (C=O) groups excluding carboxylic acids is 1. The smallest absolute Gasteiger partial charge is 0.193 e. The molecule has 0 atom stereocenters. The number of rotatable bonds is 5. The zero-order valence-electron chi connectivity index (χ0n) is 10.7. The van der Waals surface area contributed by atoms with Crippen LogP contribution in [-0.4, -0.2) is 12.4 Å². The van der Waals surface area contributed by atoms with Crippen molar-refractivity contribution in [1.82, 2.24) is 0 Å². The minimum atomic E-state index is 0.0422. The number of hydrogen-bond acceptors (Lipinski definition) is 2. The first kappa shape index (κ1) is 14.1. The number of ether oxygens (including phenoxy) is 1. The highest BCUT2D eigenvalue weighted by molar-refractivity contribution is 14.1. The Morgan fingerprint density at radius 2 is 1.84 bits per heavy atom. The number of halogens is 1. The van der Waals surface area contributed by atoms with Crippen LogP contribution in [0.3, 0.4) is 0 Å². The summed E-state index contributed by atoms with van der Waals surface area (Å²) in [4.78, 5) is 12.3. The zero-order valence-corrected chi connectivity index (χ0v) is 12.9. The molecular formula is C16H15IO2. The van der Waals surface area contributed by atoms with E-state index in [0.29, 0.717) is 17.7 Å². The van der Waals surface area contributed by atoms with Crippen molar-refractivity contribution >= 4 is 28.4 Å². The van der Waals surface area contributed by atoms with Crippen molar-refractivity contribution in [2.24, 2.45) is 0 Å². The van der Waals surface area contributed by atoms with E-state index in [1.165, 1.54) is 0 Å². The Balaban J connectivity index is 2.15. The summed E-state index contributed by atoms with van der Waals surface area (Å²) in [6.45, 7) is 2.76. The molecule has 0 N–H and O–H groups in total. The van der Waals surface area contributed by atoms with Crippen LogP contribution in [0.4, 0.5) is 0 Å². The third-order valence-electron chi connectivity index (χ3n) is 2.68. The maximum absolute atomic E-state index is 12.3. The van der Waals surface area contributed by atoms with Gasteiger partial charge in [0.2, 0.25) is 0 Å². The molecule has 3 heteroatoms.